The van der Waals surface area contributed by atoms with Gasteiger partial charge in [-0.2, -0.15) is 0 Å². The highest BCUT2D eigenvalue weighted by Gasteiger charge is 2.13. The van der Waals surface area contributed by atoms with Crippen LogP contribution in [0.15, 0.2) is 5.38 Å². The average molecular weight is 254 g/mol. The van der Waals surface area contributed by atoms with E-state index in [2.05, 4.69) is 43.0 Å². The molecule has 0 saturated heterocycles. The molecule has 2 nitrogen and oxygen atoms in total. The van der Waals surface area contributed by atoms with Crippen molar-refractivity contribution in [2.45, 2.75) is 66.0 Å². The Balaban J connectivity index is 2.57. The molecule has 0 fully saturated rings. The van der Waals surface area contributed by atoms with Crippen molar-refractivity contribution < 1.29 is 0 Å². The summed E-state index contributed by atoms with van der Waals surface area (Å²) in [7, 11) is 0. The number of thiazole rings is 1. The maximum Gasteiger partial charge on any atom is 0.0926 e. The summed E-state index contributed by atoms with van der Waals surface area (Å²) in [6.45, 7) is 11.2. The van der Waals surface area contributed by atoms with E-state index in [4.69, 9.17) is 0 Å². The molecule has 0 N–H and O–H groups in total. The molecule has 1 aromatic heterocycles. The van der Waals surface area contributed by atoms with Gasteiger partial charge in [-0.05, 0) is 32.7 Å². The number of unbranched alkanes of at least 4 members (excludes halogenated alkanes) is 1. The topological polar surface area (TPSA) is 16.1 Å². The predicted octanol–water partition coefficient (Wildman–Crippen LogP) is 4.11. The molecule has 0 bridgehead atoms. The predicted molar refractivity (Wildman–Crippen MR) is 76.6 cm³/mol. The Kier molecular flexibility index (Phi) is 6.75. The van der Waals surface area contributed by atoms with Crippen molar-refractivity contribution in [2.24, 2.45) is 0 Å². The van der Waals surface area contributed by atoms with Crippen LogP contribution in [-0.2, 0) is 13.0 Å². The molecule has 0 spiro atoms. The van der Waals surface area contributed by atoms with Gasteiger partial charge in [0.05, 0.1) is 10.7 Å². The van der Waals surface area contributed by atoms with Crippen molar-refractivity contribution in [3.05, 3.63) is 16.1 Å². The standard InChI is InChI=1S/C14H26N2S/c1-5-8-9-16(12(4)6-2)10-13-11-17-14(7-3)15-13/h11-12H,5-10H2,1-4H3/t12-/m0/s1. The lowest BCUT2D eigenvalue weighted by molar-refractivity contribution is 0.190. The summed E-state index contributed by atoms with van der Waals surface area (Å²) in [4.78, 5) is 7.24. The molecular weight excluding hydrogens is 228 g/mol. The van der Waals surface area contributed by atoms with Crippen LogP contribution in [0.4, 0.5) is 0 Å². The SMILES string of the molecule is CCCCN(Cc1csc(CC)n1)[C@@H](C)CC. The van der Waals surface area contributed by atoms with Gasteiger partial charge in [-0.1, -0.05) is 27.2 Å². The molecule has 0 aromatic carbocycles. The first-order valence-corrected chi connectivity index (χ1v) is 7.76. The van der Waals surface area contributed by atoms with Crippen molar-refractivity contribution in [2.75, 3.05) is 6.54 Å². The van der Waals surface area contributed by atoms with Crippen molar-refractivity contribution >= 4 is 11.3 Å². The summed E-state index contributed by atoms with van der Waals surface area (Å²) < 4.78 is 0. The van der Waals surface area contributed by atoms with Crippen LogP contribution >= 0.6 is 11.3 Å². The monoisotopic (exact) mass is 254 g/mol. The first-order chi connectivity index (χ1) is 8.21. The molecule has 17 heavy (non-hydrogen) atoms. The summed E-state index contributed by atoms with van der Waals surface area (Å²) in [5.74, 6) is 0. The van der Waals surface area contributed by atoms with Crippen LogP contribution in [0.1, 0.15) is 57.7 Å². The molecule has 0 saturated carbocycles. The highest BCUT2D eigenvalue weighted by molar-refractivity contribution is 7.09. The van der Waals surface area contributed by atoms with E-state index in [0.717, 1.165) is 13.0 Å². The third-order valence-corrected chi connectivity index (χ3v) is 4.32. The largest absolute Gasteiger partial charge is 0.295 e. The highest BCUT2D eigenvalue weighted by atomic mass is 32.1. The van der Waals surface area contributed by atoms with Crippen LogP contribution in [0.25, 0.3) is 0 Å². The zero-order valence-electron chi connectivity index (χ0n) is 11.7. The van der Waals surface area contributed by atoms with E-state index in [0.29, 0.717) is 6.04 Å². The number of rotatable bonds is 8. The van der Waals surface area contributed by atoms with E-state index in [-0.39, 0.29) is 0 Å². The maximum absolute atomic E-state index is 4.67. The second kappa shape index (κ2) is 7.83. The highest BCUT2D eigenvalue weighted by Crippen LogP contribution is 2.15. The molecule has 1 rings (SSSR count). The van der Waals surface area contributed by atoms with Gasteiger partial charge in [0.2, 0.25) is 0 Å². The van der Waals surface area contributed by atoms with Gasteiger partial charge < -0.3 is 0 Å². The van der Waals surface area contributed by atoms with Crippen molar-refractivity contribution in [1.29, 1.82) is 0 Å². The third-order valence-electron chi connectivity index (χ3n) is 3.28. The van der Waals surface area contributed by atoms with Gasteiger partial charge in [-0.15, -0.1) is 11.3 Å². The second-order valence-electron chi connectivity index (χ2n) is 4.67. The van der Waals surface area contributed by atoms with Crippen LogP contribution in [0.5, 0.6) is 0 Å². The van der Waals surface area contributed by atoms with Crippen molar-refractivity contribution in [3.63, 3.8) is 0 Å². The number of aryl methyl sites for hydroxylation is 1. The van der Waals surface area contributed by atoms with Gasteiger partial charge in [-0.25, -0.2) is 4.98 Å². The van der Waals surface area contributed by atoms with Crippen LogP contribution < -0.4 is 0 Å². The van der Waals surface area contributed by atoms with Crippen molar-refractivity contribution in [1.82, 2.24) is 9.88 Å². The Bertz CT molecular complexity index is 309. The zero-order valence-corrected chi connectivity index (χ0v) is 12.5. The first-order valence-electron chi connectivity index (χ1n) is 6.88. The van der Waals surface area contributed by atoms with Crippen LogP contribution in [-0.4, -0.2) is 22.5 Å². The molecule has 1 heterocycles. The lowest BCUT2D eigenvalue weighted by Gasteiger charge is -2.27. The average Bonchev–Trinajstić information content (AvgIpc) is 2.81. The fraction of sp³-hybridized carbons (Fsp3) is 0.786. The number of nitrogens with zero attached hydrogens (tertiary/aromatic N) is 2. The smallest absolute Gasteiger partial charge is 0.0926 e. The molecule has 0 radical (unpaired) electrons. The van der Waals surface area contributed by atoms with Gasteiger partial charge in [0.1, 0.15) is 0 Å². The van der Waals surface area contributed by atoms with Gasteiger partial charge >= 0.3 is 0 Å². The second-order valence-corrected chi connectivity index (χ2v) is 5.61. The zero-order chi connectivity index (χ0) is 12.7. The number of hydrogen-bond acceptors (Lipinski definition) is 3. The minimum absolute atomic E-state index is 0.660. The minimum Gasteiger partial charge on any atom is -0.295 e. The maximum atomic E-state index is 4.67. The van der Waals surface area contributed by atoms with Gasteiger partial charge in [-0.3, -0.25) is 4.90 Å². The Morgan fingerprint density at radius 3 is 2.65 bits per heavy atom. The Hall–Kier alpha value is -0.410. The van der Waals surface area contributed by atoms with Gasteiger partial charge in [0.25, 0.3) is 0 Å². The number of hydrogen-bond donors (Lipinski definition) is 0. The fourth-order valence-electron chi connectivity index (χ4n) is 1.87. The minimum atomic E-state index is 0.660. The normalized spacial score (nSPS) is 13.2. The summed E-state index contributed by atoms with van der Waals surface area (Å²) in [5.41, 5.74) is 1.25. The van der Waals surface area contributed by atoms with E-state index in [1.54, 1.807) is 11.3 Å². The molecular formula is C14H26N2S. The van der Waals surface area contributed by atoms with Crippen LogP contribution in [0.3, 0.4) is 0 Å². The van der Waals surface area contributed by atoms with Crippen LogP contribution in [0, 0.1) is 0 Å². The van der Waals surface area contributed by atoms with Gasteiger partial charge in [0.15, 0.2) is 0 Å². The molecule has 0 aliphatic rings. The lowest BCUT2D eigenvalue weighted by atomic mass is 10.2. The van der Waals surface area contributed by atoms with Crippen molar-refractivity contribution in [3.8, 4) is 0 Å². The molecule has 0 amide bonds. The quantitative estimate of drug-likeness (QED) is 0.694. The summed E-state index contributed by atoms with van der Waals surface area (Å²) in [5, 5.41) is 3.49. The summed E-state index contributed by atoms with van der Waals surface area (Å²) in [6.07, 6.45) is 4.83. The van der Waals surface area contributed by atoms with Crippen LogP contribution in [0.2, 0.25) is 0 Å². The fourth-order valence-corrected chi connectivity index (χ4v) is 2.60. The van der Waals surface area contributed by atoms with E-state index in [1.807, 2.05) is 0 Å². The number of aromatic nitrogens is 1. The molecule has 1 aromatic rings. The summed E-state index contributed by atoms with van der Waals surface area (Å²) in [6, 6.07) is 0.660. The molecule has 0 aliphatic heterocycles. The molecule has 98 valence electrons. The van der Waals surface area contributed by atoms with E-state index in [1.165, 1.54) is 36.5 Å². The molecule has 1 atom stereocenters. The first kappa shape index (κ1) is 14.7. The molecule has 0 aliphatic carbocycles. The Morgan fingerprint density at radius 1 is 1.35 bits per heavy atom. The van der Waals surface area contributed by atoms with E-state index < -0.39 is 0 Å². The van der Waals surface area contributed by atoms with E-state index >= 15 is 0 Å². The Labute approximate surface area is 110 Å². The van der Waals surface area contributed by atoms with Gasteiger partial charge in [0, 0.05) is 18.0 Å². The molecule has 3 heteroatoms. The van der Waals surface area contributed by atoms with E-state index in [9.17, 15) is 0 Å². The molecule has 0 unspecified atom stereocenters. The Morgan fingerprint density at radius 2 is 2.12 bits per heavy atom. The third kappa shape index (κ3) is 4.76. The summed E-state index contributed by atoms with van der Waals surface area (Å²) >= 11 is 1.80. The lowest BCUT2D eigenvalue weighted by Crippen LogP contribution is -2.33.